The van der Waals surface area contributed by atoms with E-state index in [9.17, 15) is 0 Å². The number of aromatic nitrogens is 2. The van der Waals surface area contributed by atoms with Crippen molar-refractivity contribution in [3.63, 3.8) is 0 Å². The molecule has 0 radical (unpaired) electrons. The maximum absolute atomic E-state index is 5.72. The third kappa shape index (κ3) is 4.28. The van der Waals surface area contributed by atoms with Gasteiger partial charge in [0.1, 0.15) is 6.61 Å². The lowest BCUT2D eigenvalue weighted by molar-refractivity contribution is 0.174. The van der Waals surface area contributed by atoms with Crippen LogP contribution in [0.25, 0.3) is 0 Å². The number of ether oxygens (including phenoxy) is 1. The molecular formula is C11H21N3O2. The van der Waals surface area contributed by atoms with Crippen LogP contribution in [0.5, 0.6) is 0 Å². The average molecular weight is 227 g/mol. The van der Waals surface area contributed by atoms with Crippen molar-refractivity contribution >= 4 is 0 Å². The molecule has 16 heavy (non-hydrogen) atoms. The number of nitrogens with zero attached hydrogens (tertiary/aromatic N) is 2. The topological polar surface area (TPSA) is 74.2 Å². The molecule has 0 saturated heterocycles. The fourth-order valence-corrected chi connectivity index (χ4v) is 1.74. The average Bonchev–Trinajstić information content (AvgIpc) is 2.64. The maximum Gasteiger partial charge on any atom is 0.227 e. The Hall–Kier alpha value is -0.940. The second-order valence-electron chi connectivity index (χ2n) is 4.47. The molecule has 1 atom stereocenters. The van der Waals surface area contributed by atoms with Crippen LogP contribution in [-0.2, 0) is 17.8 Å². The molecule has 0 aliphatic rings. The first-order valence-corrected chi connectivity index (χ1v) is 5.66. The van der Waals surface area contributed by atoms with E-state index in [0.29, 0.717) is 36.7 Å². The molecule has 1 heterocycles. The first-order valence-electron chi connectivity index (χ1n) is 5.66. The van der Waals surface area contributed by atoms with Gasteiger partial charge in [-0.1, -0.05) is 19.0 Å². The van der Waals surface area contributed by atoms with Crippen LogP contribution >= 0.6 is 0 Å². The van der Waals surface area contributed by atoms with Crippen molar-refractivity contribution in [2.75, 3.05) is 13.7 Å². The largest absolute Gasteiger partial charge is 0.377 e. The quantitative estimate of drug-likeness (QED) is 0.761. The van der Waals surface area contributed by atoms with E-state index >= 15 is 0 Å². The van der Waals surface area contributed by atoms with Crippen molar-refractivity contribution in [3.8, 4) is 0 Å². The number of hydrogen-bond acceptors (Lipinski definition) is 5. The van der Waals surface area contributed by atoms with Gasteiger partial charge in [0.05, 0.1) is 0 Å². The monoisotopic (exact) mass is 227 g/mol. The summed E-state index contributed by atoms with van der Waals surface area (Å²) < 4.78 is 10.1. The molecule has 5 nitrogen and oxygen atoms in total. The SMILES string of the molecule is COCc1noc(C[C@@H](CN)CC(C)C)n1. The van der Waals surface area contributed by atoms with E-state index in [4.69, 9.17) is 15.0 Å². The Morgan fingerprint density at radius 3 is 2.75 bits per heavy atom. The first-order chi connectivity index (χ1) is 7.65. The summed E-state index contributed by atoms with van der Waals surface area (Å²) in [6.07, 6.45) is 1.84. The summed E-state index contributed by atoms with van der Waals surface area (Å²) in [5.74, 6) is 2.30. The van der Waals surface area contributed by atoms with Gasteiger partial charge in [-0.05, 0) is 24.8 Å². The summed E-state index contributed by atoms with van der Waals surface area (Å²) in [6, 6.07) is 0. The molecule has 0 bridgehead atoms. The van der Waals surface area contributed by atoms with Crippen LogP contribution in [-0.4, -0.2) is 23.8 Å². The third-order valence-corrected chi connectivity index (χ3v) is 2.38. The number of methoxy groups -OCH3 is 1. The van der Waals surface area contributed by atoms with E-state index in [2.05, 4.69) is 24.0 Å². The highest BCUT2D eigenvalue weighted by Crippen LogP contribution is 2.15. The molecule has 1 rings (SSSR count). The van der Waals surface area contributed by atoms with Gasteiger partial charge in [-0.25, -0.2) is 0 Å². The highest BCUT2D eigenvalue weighted by atomic mass is 16.5. The van der Waals surface area contributed by atoms with Gasteiger partial charge >= 0.3 is 0 Å². The zero-order valence-corrected chi connectivity index (χ0v) is 10.3. The highest BCUT2D eigenvalue weighted by Gasteiger charge is 2.14. The standard InChI is InChI=1S/C11H21N3O2/c1-8(2)4-9(6-12)5-11-13-10(7-15-3)14-16-11/h8-9H,4-7,12H2,1-3H3/t9-/m0/s1. The van der Waals surface area contributed by atoms with Gasteiger partial charge in [-0.15, -0.1) is 0 Å². The van der Waals surface area contributed by atoms with Crippen molar-refractivity contribution in [1.29, 1.82) is 0 Å². The summed E-state index contributed by atoms with van der Waals surface area (Å²) in [6.45, 7) is 5.42. The van der Waals surface area contributed by atoms with Crippen molar-refractivity contribution in [3.05, 3.63) is 11.7 Å². The van der Waals surface area contributed by atoms with E-state index < -0.39 is 0 Å². The Labute approximate surface area is 96.4 Å². The van der Waals surface area contributed by atoms with Crippen LogP contribution in [0.15, 0.2) is 4.52 Å². The summed E-state index contributed by atoms with van der Waals surface area (Å²) >= 11 is 0. The predicted molar refractivity (Wildman–Crippen MR) is 60.7 cm³/mol. The molecule has 2 N–H and O–H groups in total. The molecule has 1 aromatic rings. The summed E-state index contributed by atoms with van der Waals surface area (Å²) in [5, 5.41) is 3.82. The van der Waals surface area contributed by atoms with Crippen LogP contribution in [0.3, 0.4) is 0 Å². The normalized spacial score (nSPS) is 13.3. The smallest absolute Gasteiger partial charge is 0.227 e. The van der Waals surface area contributed by atoms with E-state index in [1.54, 1.807) is 7.11 Å². The Morgan fingerprint density at radius 1 is 1.44 bits per heavy atom. The number of hydrogen-bond donors (Lipinski definition) is 1. The van der Waals surface area contributed by atoms with Crippen LogP contribution in [0.2, 0.25) is 0 Å². The molecular weight excluding hydrogens is 206 g/mol. The molecule has 0 aliphatic heterocycles. The lowest BCUT2D eigenvalue weighted by Crippen LogP contribution is -2.19. The van der Waals surface area contributed by atoms with Gasteiger partial charge in [0, 0.05) is 13.5 Å². The second kappa shape index (κ2) is 6.60. The second-order valence-corrected chi connectivity index (χ2v) is 4.47. The molecule has 0 aliphatic carbocycles. The zero-order chi connectivity index (χ0) is 12.0. The Morgan fingerprint density at radius 2 is 2.19 bits per heavy atom. The fraction of sp³-hybridized carbons (Fsp3) is 0.818. The Balaban J connectivity index is 2.49. The summed E-state index contributed by atoms with van der Waals surface area (Å²) in [5.41, 5.74) is 5.72. The minimum atomic E-state index is 0.390. The van der Waals surface area contributed by atoms with E-state index in [1.807, 2.05) is 0 Å². The molecule has 0 unspecified atom stereocenters. The van der Waals surface area contributed by atoms with Gasteiger partial charge in [-0.3, -0.25) is 0 Å². The van der Waals surface area contributed by atoms with Crippen molar-refractivity contribution < 1.29 is 9.26 Å². The van der Waals surface area contributed by atoms with Gasteiger partial charge in [-0.2, -0.15) is 4.98 Å². The number of nitrogens with two attached hydrogens (primary N) is 1. The molecule has 0 spiro atoms. The lowest BCUT2D eigenvalue weighted by atomic mass is 9.94. The molecule has 0 saturated carbocycles. The predicted octanol–water partition coefficient (Wildman–Crippen LogP) is 1.38. The van der Waals surface area contributed by atoms with Gasteiger partial charge in [0.2, 0.25) is 5.89 Å². The fourth-order valence-electron chi connectivity index (χ4n) is 1.74. The first kappa shape index (κ1) is 13.1. The van der Waals surface area contributed by atoms with Crippen LogP contribution in [0, 0.1) is 11.8 Å². The molecule has 0 amide bonds. The van der Waals surface area contributed by atoms with Gasteiger partial charge in [0.15, 0.2) is 5.82 Å². The molecule has 0 fully saturated rings. The van der Waals surface area contributed by atoms with Gasteiger partial charge in [0.25, 0.3) is 0 Å². The van der Waals surface area contributed by atoms with Crippen molar-refractivity contribution in [2.24, 2.45) is 17.6 Å². The molecule has 1 aromatic heterocycles. The molecule has 92 valence electrons. The zero-order valence-electron chi connectivity index (χ0n) is 10.3. The van der Waals surface area contributed by atoms with E-state index in [0.717, 1.165) is 12.8 Å². The molecule has 0 aromatic carbocycles. The third-order valence-electron chi connectivity index (χ3n) is 2.38. The van der Waals surface area contributed by atoms with Crippen LogP contribution in [0.1, 0.15) is 32.0 Å². The van der Waals surface area contributed by atoms with Crippen molar-refractivity contribution in [2.45, 2.75) is 33.3 Å². The van der Waals surface area contributed by atoms with Crippen LogP contribution < -0.4 is 5.73 Å². The van der Waals surface area contributed by atoms with E-state index in [1.165, 1.54) is 0 Å². The minimum Gasteiger partial charge on any atom is -0.377 e. The van der Waals surface area contributed by atoms with Crippen molar-refractivity contribution in [1.82, 2.24) is 10.1 Å². The van der Waals surface area contributed by atoms with Crippen LogP contribution in [0.4, 0.5) is 0 Å². The lowest BCUT2D eigenvalue weighted by Gasteiger charge is -2.14. The summed E-state index contributed by atoms with van der Waals surface area (Å²) in [4.78, 5) is 4.24. The minimum absolute atomic E-state index is 0.390. The maximum atomic E-state index is 5.72. The Kier molecular flexibility index (Phi) is 5.42. The number of rotatable bonds is 7. The molecule has 5 heteroatoms. The highest BCUT2D eigenvalue weighted by molar-refractivity contribution is 4.87. The van der Waals surface area contributed by atoms with E-state index in [-0.39, 0.29) is 0 Å². The summed E-state index contributed by atoms with van der Waals surface area (Å²) in [7, 11) is 1.61. The Bertz CT molecular complexity index is 299. The van der Waals surface area contributed by atoms with Gasteiger partial charge < -0.3 is 15.0 Å².